The van der Waals surface area contributed by atoms with Crippen molar-refractivity contribution in [1.29, 1.82) is 0 Å². The van der Waals surface area contributed by atoms with E-state index in [1.807, 2.05) is 0 Å². The molecule has 74 valence electrons. The maximum atomic E-state index is 10.2. The molecular formula is C9H12N4O. The van der Waals surface area contributed by atoms with Gasteiger partial charge in [0.15, 0.2) is 6.29 Å². The van der Waals surface area contributed by atoms with Crippen LogP contribution in [0.4, 0.5) is 0 Å². The summed E-state index contributed by atoms with van der Waals surface area (Å²) in [5, 5.41) is 3.96. The van der Waals surface area contributed by atoms with E-state index in [4.69, 9.17) is 11.5 Å². The van der Waals surface area contributed by atoms with Crippen LogP contribution in [0.3, 0.4) is 0 Å². The van der Waals surface area contributed by atoms with E-state index in [0.717, 1.165) is 5.69 Å². The number of aromatic nitrogens is 2. The second-order valence-corrected chi connectivity index (χ2v) is 2.75. The molecule has 0 aliphatic heterocycles. The summed E-state index contributed by atoms with van der Waals surface area (Å²) in [5.74, 6) is 0. The van der Waals surface area contributed by atoms with E-state index in [2.05, 4.69) is 5.10 Å². The Morgan fingerprint density at radius 3 is 2.71 bits per heavy atom. The van der Waals surface area contributed by atoms with Gasteiger partial charge >= 0.3 is 0 Å². The zero-order valence-electron chi connectivity index (χ0n) is 7.84. The molecule has 1 aromatic heterocycles. The molecule has 14 heavy (non-hydrogen) atoms. The average Bonchev–Trinajstić information content (AvgIpc) is 2.60. The molecule has 1 aromatic rings. The van der Waals surface area contributed by atoms with Crippen LogP contribution >= 0.6 is 0 Å². The number of nitrogens with zero attached hydrogens (tertiary/aromatic N) is 2. The van der Waals surface area contributed by atoms with Crippen molar-refractivity contribution >= 4 is 12.0 Å². The van der Waals surface area contributed by atoms with Crippen molar-refractivity contribution in [2.45, 2.75) is 0 Å². The number of rotatable bonds is 3. The highest BCUT2D eigenvalue weighted by molar-refractivity contribution is 5.73. The molecule has 0 aliphatic carbocycles. The molecule has 0 saturated carbocycles. The van der Waals surface area contributed by atoms with Gasteiger partial charge in [-0.1, -0.05) is 0 Å². The monoisotopic (exact) mass is 192 g/mol. The van der Waals surface area contributed by atoms with Crippen LogP contribution < -0.4 is 11.5 Å². The number of nitrogens with two attached hydrogens (primary N) is 2. The predicted molar refractivity (Wildman–Crippen MR) is 53.7 cm³/mol. The Kier molecular flexibility index (Phi) is 3.06. The lowest BCUT2D eigenvalue weighted by Gasteiger charge is -1.99. The highest BCUT2D eigenvalue weighted by Crippen LogP contribution is 2.06. The van der Waals surface area contributed by atoms with Crippen LogP contribution in [0.1, 0.15) is 5.69 Å². The van der Waals surface area contributed by atoms with Gasteiger partial charge in [0.2, 0.25) is 0 Å². The molecule has 0 aliphatic rings. The molecule has 0 atom stereocenters. The first-order valence-electron chi connectivity index (χ1n) is 4.01. The summed E-state index contributed by atoms with van der Waals surface area (Å²) < 4.78 is 1.64. The molecule has 0 radical (unpaired) electrons. The molecule has 1 heterocycles. The fourth-order valence-corrected chi connectivity index (χ4v) is 0.968. The molecular weight excluding hydrogens is 180 g/mol. The summed E-state index contributed by atoms with van der Waals surface area (Å²) in [6.07, 6.45) is 5.23. The summed E-state index contributed by atoms with van der Waals surface area (Å²) >= 11 is 0. The van der Waals surface area contributed by atoms with Crippen molar-refractivity contribution in [1.82, 2.24) is 9.78 Å². The van der Waals surface area contributed by atoms with Crippen molar-refractivity contribution in [3.8, 4) is 0 Å². The summed E-state index contributed by atoms with van der Waals surface area (Å²) in [5.41, 5.74) is 12.4. The van der Waals surface area contributed by atoms with Crippen molar-refractivity contribution in [3.63, 3.8) is 0 Å². The Balaban J connectivity index is 2.91. The summed E-state index contributed by atoms with van der Waals surface area (Å²) in [6, 6.07) is 1.77. The Morgan fingerprint density at radius 2 is 2.21 bits per heavy atom. The molecule has 0 unspecified atom stereocenters. The van der Waals surface area contributed by atoms with Gasteiger partial charge in [0.25, 0.3) is 0 Å². The molecule has 4 N–H and O–H groups in total. The van der Waals surface area contributed by atoms with Crippen molar-refractivity contribution in [3.05, 3.63) is 35.8 Å². The quantitative estimate of drug-likeness (QED) is 0.393. The molecule has 0 saturated heterocycles. The molecule has 0 amide bonds. The number of carbonyl (C=O) groups excluding carboxylic acids is 1. The van der Waals surface area contributed by atoms with E-state index in [0.29, 0.717) is 12.0 Å². The van der Waals surface area contributed by atoms with Gasteiger partial charge in [-0.3, -0.25) is 9.48 Å². The van der Waals surface area contributed by atoms with E-state index in [1.54, 1.807) is 30.1 Å². The van der Waals surface area contributed by atoms with Gasteiger partial charge in [-0.25, -0.2) is 0 Å². The number of aryl methyl sites for hydroxylation is 1. The summed E-state index contributed by atoms with van der Waals surface area (Å²) in [6.45, 7) is 0. The number of allylic oxidation sites excluding steroid dienone is 3. The van der Waals surface area contributed by atoms with E-state index >= 15 is 0 Å². The third-order valence-electron chi connectivity index (χ3n) is 1.71. The molecule has 5 heteroatoms. The first kappa shape index (κ1) is 10.0. The fraction of sp³-hybridized carbons (Fsp3) is 0.111. The minimum atomic E-state index is 0.134. The van der Waals surface area contributed by atoms with Gasteiger partial charge in [0, 0.05) is 13.2 Å². The Morgan fingerprint density at radius 1 is 1.50 bits per heavy atom. The van der Waals surface area contributed by atoms with Crippen LogP contribution in [-0.2, 0) is 11.8 Å². The van der Waals surface area contributed by atoms with Gasteiger partial charge < -0.3 is 11.5 Å². The second-order valence-electron chi connectivity index (χ2n) is 2.75. The van der Waals surface area contributed by atoms with E-state index in [-0.39, 0.29) is 5.70 Å². The number of hydrogen-bond acceptors (Lipinski definition) is 4. The molecule has 0 bridgehead atoms. The Labute approximate surface area is 81.7 Å². The Bertz CT molecular complexity index is 389. The van der Waals surface area contributed by atoms with Gasteiger partial charge in [0.05, 0.1) is 17.1 Å². The SMILES string of the molecule is Cn1nccc1/C(N)=C/C=C(\N)C=O. The van der Waals surface area contributed by atoms with Gasteiger partial charge in [-0.2, -0.15) is 5.10 Å². The van der Waals surface area contributed by atoms with Crippen LogP contribution in [0, 0.1) is 0 Å². The molecule has 1 rings (SSSR count). The van der Waals surface area contributed by atoms with Gasteiger partial charge in [0.1, 0.15) is 0 Å². The van der Waals surface area contributed by atoms with Crippen molar-refractivity contribution in [2.75, 3.05) is 0 Å². The number of aldehydes is 1. The predicted octanol–water partition coefficient (Wildman–Crippen LogP) is -0.239. The first-order valence-corrected chi connectivity index (χ1v) is 4.01. The topological polar surface area (TPSA) is 86.9 Å². The van der Waals surface area contributed by atoms with Crippen LogP contribution in [0.25, 0.3) is 5.70 Å². The normalized spacial score (nSPS) is 12.9. The van der Waals surface area contributed by atoms with Crippen molar-refractivity contribution < 1.29 is 4.79 Å². The van der Waals surface area contributed by atoms with Gasteiger partial charge in [-0.15, -0.1) is 0 Å². The standard InChI is InChI=1S/C9H12N4O/c1-13-9(4-5-12-13)8(11)3-2-7(10)6-14/h2-6H,10-11H2,1H3/b7-2-,8-3-. The molecule has 5 nitrogen and oxygen atoms in total. The van der Waals surface area contributed by atoms with E-state index in [1.165, 1.54) is 6.08 Å². The van der Waals surface area contributed by atoms with E-state index < -0.39 is 0 Å². The Hall–Kier alpha value is -2.04. The van der Waals surface area contributed by atoms with E-state index in [9.17, 15) is 4.79 Å². The summed E-state index contributed by atoms with van der Waals surface area (Å²) in [7, 11) is 1.78. The van der Waals surface area contributed by atoms with Crippen LogP contribution in [0.2, 0.25) is 0 Å². The second kappa shape index (κ2) is 4.27. The smallest absolute Gasteiger partial charge is 0.165 e. The largest absolute Gasteiger partial charge is 0.397 e. The number of carbonyl (C=O) groups is 1. The lowest BCUT2D eigenvalue weighted by molar-refractivity contribution is -0.104. The third-order valence-corrected chi connectivity index (χ3v) is 1.71. The van der Waals surface area contributed by atoms with Crippen molar-refractivity contribution in [2.24, 2.45) is 18.5 Å². The minimum absolute atomic E-state index is 0.134. The minimum Gasteiger partial charge on any atom is -0.397 e. The third kappa shape index (κ3) is 2.22. The molecule has 0 fully saturated rings. The molecule has 0 spiro atoms. The number of hydrogen-bond donors (Lipinski definition) is 2. The highest BCUT2D eigenvalue weighted by atomic mass is 16.1. The fourth-order valence-electron chi connectivity index (χ4n) is 0.968. The van der Waals surface area contributed by atoms with Crippen LogP contribution in [-0.4, -0.2) is 16.1 Å². The first-order chi connectivity index (χ1) is 6.65. The maximum absolute atomic E-state index is 10.2. The maximum Gasteiger partial charge on any atom is 0.165 e. The molecule has 0 aromatic carbocycles. The zero-order valence-corrected chi connectivity index (χ0v) is 7.84. The lowest BCUT2D eigenvalue weighted by atomic mass is 10.3. The zero-order chi connectivity index (χ0) is 10.6. The summed E-state index contributed by atoms with van der Waals surface area (Å²) in [4.78, 5) is 10.2. The van der Waals surface area contributed by atoms with Gasteiger partial charge in [-0.05, 0) is 18.2 Å². The van der Waals surface area contributed by atoms with Crippen LogP contribution in [0.15, 0.2) is 30.1 Å². The lowest BCUT2D eigenvalue weighted by Crippen LogP contribution is -2.04. The average molecular weight is 192 g/mol. The highest BCUT2D eigenvalue weighted by Gasteiger charge is 1.99. The van der Waals surface area contributed by atoms with Crippen LogP contribution in [0.5, 0.6) is 0 Å².